The summed E-state index contributed by atoms with van der Waals surface area (Å²) >= 11 is 0. The fourth-order valence-electron chi connectivity index (χ4n) is 1.49. The molecule has 0 aliphatic carbocycles. The smallest absolute Gasteiger partial charge is 0.281 e. The summed E-state index contributed by atoms with van der Waals surface area (Å²) in [4.78, 5) is 18.9. The van der Waals surface area contributed by atoms with Crippen molar-refractivity contribution in [2.24, 2.45) is 4.99 Å². The number of carbonyl (C=O) groups is 1. The van der Waals surface area contributed by atoms with Gasteiger partial charge in [-0.2, -0.15) is 4.99 Å². The Balaban J connectivity index is 3.14. The van der Waals surface area contributed by atoms with Gasteiger partial charge < -0.3 is 9.80 Å². The first-order chi connectivity index (χ1) is 8.32. The van der Waals surface area contributed by atoms with E-state index in [-0.39, 0.29) is 5.56 Å². The molecule has 0 aliphatic rings. The normalized spacial score (nSPS) is 10.8. The maximum atomic E-state index is 13.9. The molecule has 18 heavy (non-hydrogen) atoms. The Morgan fingerprint density at radius 3 is 2.33 bits per heavy atom. The number of aryl methyl sites for hydroxylation is 1. The Kier molecular flexibility index (Phi) is 4.42. The fourth-order valence-corrected chi connectivity index (χ4v) is 1.49. The predicted octanol–water partition coefficient (Wildman–Crippen LogP) is 1.93. The molecule has 0 atom stereocenters. The van der Waals surface area contributed by atoms with Gasteiger partial charge in [0.1, 0.15) is 5.82 Å². The molecule has 5 heteroatoms. The second-order valence-electron chi connectivity index (χ2n) is 4.53. The minimum Gasteiger partial charge on any atom is -0.378 e. The molecule has 0 radical (unpaired) electrons. The highest BCUT2D eigenvalue weighted by molar-refractivity contribution is 6.00. The van der Waals surface area contributed by atoms with Crippen molar-refractivity contribution in [2.45, 2.75) is 6.92 Å². The zero-order chi connectivity index (χ0) is 13.9. The van der Waals surface area contributed by atoms with Gasteiger partial charge in [-0.15, -0.1) is 0 Å². The van der Waals surface area contributed by atoms with Crippen molar-refractivity contribution < 1.29 is 9.18 Å². The molecule has 0 spiro atoms. The molecule has 0 N–H and O–H groups in total. The van der Waals surface area contributed by atoms with E-state index in [0.29, 0.717) is 5.56 Å². The molecule has 4 nitrogen and oxygen atoms in total. The van der Waals surface area contributed by atoms with Gasteiger partial charge in [0.05, 0.1) is 11.9 Å². The van der Waals surface area contributed by atoms with Crippen LogP contribution in [0.5, 0.6) is 0 Å². The molecule has 1 rings (SSSR count). The highest BCUT2D eigenvalue weighted by Gasteiger charge is 2.15. The van der Waals surface area contributed by atoms with Gasteiger partial charge in [0.2, 0.25) is 0 Å². The SMILES string of the molecule is Cc1cc(N(C)C)cc(F)c1C(=O)N=CN(C)C. The molecule has 0 heterocycles. The maximum Gasteiger partial charge on any atom is 0.281 e. The van der Waals surface area contributed by atoms with E-state index >= 15 is 0 Å². The first-order valence-corrected chi connectivity index (χ1v) is 5.55. The van der Waals surface area contributed by atoms with Gasteiger partial charge in [-0.3, -0.25) is 4.79 Å². The van der Waals surface area contributed by atoms with Gasteiger partial charge in [-0.1, -0.05) is 0 Å². The van der Waals surface area contributed by atoms with Crippen LogP contribution in [0.1, 0.15) is 15.9 Å². The number of carbonyl (C=O) groups excluding carboxylic acids is 1. The molecule has 0 aromatic heterocycles. The van der Waals surface area contributed by atoms with E-state index < -0.39 is 11.7 Å². The van der Waals surface area contributed by atoms with Crippen molar-refractivity contribution in [1.29, 1.82) is 0 Å². The van der Waals surface area contributed by atoms with Gasteiger partial charge in [0, 0.05) is 33.9 Å². The number of aliphatic imine (C=N–C) groups is 1. The molecule has 1 aromatic rings. The van der Waals surface area contributed by atoms with E-state index in [1.54, 1.807) is 36.9 Å². The Morgan fingerprint density at radius 2 is 1.89 bits per heavy atom. The average molecular weight is 251 g/mol. The first-order valence-electron chi connectivity index (χ1n) is 5.55. The molecular weight excluding hydrogens is 233 g/mol. The lowest BCUT2D eigenvalue weighted by molar-refractivity contribution is 0.0998. The summed E-state index contributed by atoms with van der Waals surface area (Å²) < 4.78 is 13.9. The van der Waals surface area contributed by atoms with Crippen LogP contribution < -0.4 is 4.90 Å². The Labute approximate surface area is 107 Å². The number of benzene rings is 1. The third-order valence-electron chi connectivity index (χ3n) is 2.41. The fraction of sp³-hybridized carbons (Fsp3) is 0.385. The summed E-state index contributed by atoms with van der Waals surface area (Å²) in [6, 6.07) is 3.10. The standard InChI is InChI=1S/C13H18FN3O/c1-9-6-10(17(4)5)7-11(14)12(9)13(18)15-8-16(2)3/h6-8H,1-5H3. The Morgan fingerprint density at radius 1 is 1.28 bits per heavy atom. The number of rotatable bonds is 3. The summed E-state index contributed by atoms with van der Waals surface area (Å²) in [5, 5.41) is 0. The van der Waals surface area contributed by atoms with E-state index in [1.165, 1.54) is 12.4 Å². The molecule has 0 bridgehead atoms. The van der Waals surface area contributed by atoms with Crippen molar-refractivity contribution in [1.82, 2.24) is 4.90 Å². The Hall–Kier alpha value is -1.91. The number of hydrogen-bond acceptors (Lipinski definition) is 2. The summed E-state index contributed by atoms with van der Waals surface area (Å²) in [6.07, 6.45) is 1.36. The molecule has 98 valence electrons. The van der Waals surface area contributed by atoms with Crippen molar-refractivity contribution in [3.8, 4) is 0 Å². The van der Waals surface area contributed by atoms with Crippen LogP contribution >= 0.6 is 0 Å². The number of anilines is 1. The number of nitrogens with zero attached hydrogens (tertiary/aromatic N) is 3. The van der Waals surface area contributed by atoms with Gasteiger partial charge in [0.25, 0.3) is 5.91 Å². The van der Waals surface area contributed by atoms with Crippen molar-refractivity contribution >= 4 is 17.9 Å². The monoisotopic (exact) mass is 251 g/mol. The molecule has 0 aliphatic heterocycles. The average Bonchev–Trinajstić information content (AvgIpc) is 2.25. The minimum absolute atomic E-state index is 0.0266. The van der Waals surface area contributed by atoms with E-state index in [1.807, 2.05) is 14.1 Å². The molecular formula is C13H18FN3O. The predicted molar refractivity (Wildman–Crippen MR) is 72.0 cm³/mol. The topological polar surface area (TPSA) is 35.9 Å². The molecule has 0 unspecified atom stereocenters. The van der Waals surface area contributed by atoms with Crippen LogP contribution in [0.15, 0.2) is 17.1 Å². The lowest BCUT2D eigenvalue weighted by atomic mass is 10.1. The number of hydrogen-bond donors (Lipinski definition) is 0. The van der Waals surface area contributed by atoms with Crippen LogP contribution in [0.3, 0.4) is 0 Å². The van der Waals surface area contributed by atoms with E-state index in [2.05, 4.69) is 4.99 Å². The molecule has 1 aromatic carbocycles. The zero-order valence-corrected chi connectivity index (χ0v) is 11.4. The molecule has 0 saturated heterocycles. The van der Waals surface area contributed by atoms with Gasteiger partial charge in [-0.25, -0.2) is 4.39 Å². The van der Waals surface area contributed by atoms with Crippen molar-refractivity contribution in [2.75, 3.05) is 33.1 Å². The van der Waals surface area contributed by atoms with Gasteiger partial charge in [0.15, 0.2) is 0 Å². The summed E-state index contributed by atoms with van der Waals surface area (Å²) in [5.41, 5.74) is 1.33. The quantitative estimate of drug-likeness (QED) is 0.608. The van der Waals surface area contributed by atoms with E-state index in [4.69, 9.17) is 0 Å². The third kappa shape index (κ3) is 3.29. The second kappa shape index (κ2) is 5.62. The maximum absolute atomic E-state index is 13.9. The molecule has 1 amide bonds. The van der Waals surface area contributed by atoms with Crippen LogP contribution in [-0.2, 0) is 0 Å². The third-order valence-corrected chi connectivity index (χ3v) is 2.41. The summed E-state index contributed by atoms with van der Waals surface area (Å²) in [7, 11) is 7.13. The van der Waals surface area contributed by atoms with Gasteiger partial charge in [-0.05, 0) is 24.6 Å². The first kappa shape index (κ1) is 14.2. The number of halogens is 1. The largest absolute Gasteiger partial charge is 0.378 e. The number of amides is 1. The Bertz CT molecular complexity index is 458. The van der Waals surface area contributed by atoms with Crippen molar-refractivity contribution in [3.05, 3.63) is 29.1 Å². The van der Waals surface area contributed by atoms with E-state index in [9.17, 15) is 9.18 Å². The van der Waals surface area contributed by atoms with Gasteiger partial charge >= 0.3 is 0 Å². The summed E-state index contributed by atoms with van der Waals surface area (Å²) in [6.45, 7) is 1.70. The van der Waals surface area contributed by atoms with Crippen LogP contribution in [0.4, 0.5) is 10.1 Å². The van der Waals surface area contributed by atoms with Crippen LogP contribution in [0.25, 0.3) is 0 Å². The second-order valence-corrected chi connectivity index (χ2v) is 4.53. The van der Waals surface area contributed by atoms with Crippen molar-refractivity contribution in [3.63, 3.8) is 0 Å². The zero-order valence-electron chi connectivity index (χ0n) is 11.4. The summed E-state index contributed by atoms with van der Waals surface area (Å²) in [5.74, 6) is -1.11. The van der Waals surface area contributed by atoms with Crippen LogP contribution in [0, 0.1) is 12.7 Å². The van der Waals surface area contributed by atoms with E-state index in [0.717, 1.165) is 5.69 Å². The lowest BCUT2D eigenvalue weighted by Gasteiger charge is -2.15. The lowest BCUT2D eigenvalue weighted by Crippen LogP contribution is -2.13. The highest BCUT2D eigenvalue weighted by atomic mass is 19.1. The van der Waals surface area contributed by atoms with Crippen LogP contribution in [-0.4, -0.2) is 45.3 Å². The minimum atomic E-state index is -0.566. The molecule has 0 saturated carbocycles. The van der Waals surface area contributed by atoms with Crippen LogP contribution in [0.2, 0.25) is 0 Å². The highest BCUT2D eigenvalue weighted by Crippen LogP contribution is 2.21. The molecule has 0 fully saturated rings.